The molecular weight excluding hydrogens is 178 g/mol. The van der Waals surface area contributed by atoms with Gasteiger partial charge in [-0.2, -0.15) is 0 Å². The Morgan fingerprint density at radius 2 is 2.36 bits per heavy atom. The summed E-state index contributed by atoms with van der Waals surface area (Å²) >= 11 is 0. The zero-order valence-electron chi connectivity index (χ0n) is 8.45. The summed E-state index contributed by atoms with van der Waals surface area (Å²) in [5.41, 5.74) is 7.13. The summed E-state index contributed by atoms with van der Waals surface area (Å²) in [4.78, 5) is 14.9. The largest absolute Gasteiger partial charge is 0.368 e. The Morgan fingerprint density at radius 3 is 2.86 bits per heavy atom. The monoisotopic (exact) mass is 193 g/mol. The van der Waals surface area contributed by atoms with Crippen LogP contribution in [0.2, 0.25) is 0 Å². The van der Waals surface area contributed by atoms with Gasteiger partial charge in [-0.05, 0) is 25.5 Å². The fourth-order valence-electron chi connectivity index (χ4n) is 0.961. The van der Waals surface area contributed by atoms with Gasteiger partial charge >= 0.3 is 0 Å². The number of hydrogen-bond acceptors (Lipinski definition) is 3. The van der Waals surface area contributed by atoms with Crippen LogP contribution in [0.15, 0.2) is 18.3 Å². The molecule has 0 aliphatic heterocycles. The van der Waals surface area contributed by atoms with Crippen molar-refractivity contribution >= 4 is 5.91 Å². The van der Waals surface area contributed by atoms with E-state index in [1.54, 1.807) is 13.1 Å². The van der Waals surface area contributed by atoms with E-state index in [1.807, 2.05) is 19.1 Å². The van der Waals surface area contributed by atoms with Gasteiger partial charge in [0.1, 0.15) is 0 Å². The fourth-order valence-corrected chi connectivity index (χ4v) is 0.961. The van der Waals surface area contributed by atoms with Crippen LogP contribution in [0.3, 0.4) is 0 Å². The van der Waals surface area contributed by atoms with Crippen LogP contribution in [0.4, 0.5) is 0 Å². The molecule has 0 unspecified atom stereocenters. The third kappa shape index (κ3) is 3.14. The number of nitrogens with two attached hydrogens (primary N) is 1. The predicted octanol–water partition coefficient (Wildman–Crippen LogP) is 0.353. The van der Waals surface area contributed by atoms with Crippen molar-refractivity contribution in [1.82, 2.24) is 10.3 Å². The Kier molecular flexibility index (Phi) is 3.59. The van der Waals surface area contributed by atoms with Gasteiger partial charge in [-0.15, -0.1) is 0 Å². The van der Waals surface area contributed by atoms with Gasteiger partial charge < -0.3 is 11.1 Å². The molecular formula is C10H15N3O. The van der Waals surface area contributed by atoms with Crippen molar-refractivity contribution in [3.63, 3.8) is 0 Å². The number of carbonyl (C=O) groups is 1. The minimum atomic E-state index is -0.350. The van der Waals surface area contributed by atoms with E-state index in [0.29, 0.717) is 6.54 Å². The molecule has 1 rings (SSSR count). The zero-order chi connectivity index (χ0) is 10.6. The van der Waals surface area contributed by atoms with Gasteiger partial charge in [0.05, 0.1) is 11.7 Å². The predicted molar refractivity (Wildman–Crippen MR) is 54.5 cm³/mol. The van der Waals surface area contributed by atoms with Crippen molar-refractivity contribution < 1.29 is 4.79 Å². The van der Waals surface area contributed by atoms with E-state index in [0.717, 1.165) is 11.3 Å². The molecule has 1 heterocycles. The van der Waals surface area contributed by atoms with Crippen LogP contribution in [0, 0.1) is 6.92 Å². The summed E-state index contributed by atoms with van der Waals surface area (Å²) in [6.45, 7) is 4.27. The van der Waals surface area contributed by atoms with E-state index < -0.39 is 0 Å². The van der Waals surface area contributed by atoms with Crippen LogP contribution in [0.25, 0.3) is 0 Å². The summed E-state index contributed by atoms with van der Waals surface area (Å²) in [6.07, 6.45) is 1.80. The number of aryl methyl sites for hydroxylation is 1. The standard InChI is InChI=1S/C10H15N3O/c1-7-3-4-9(13-5-7)6-12-8(2)10(11)14/h3-5,8,12H,6H2,1-2H3,(H2,11,14)/t8-/m0/s1. The minimum Gasteiger partial charge on any atom is -0.368 e. The van der Waals surface area contributed by atoms with Crippen molar-refractivity contribution in [2.45, 2.75) is 26.4 Å². The molecule has 1 amide bonds. The Bertz CT molecular complexity index is 308. The molecule has 1 aromatic heterocycles. The molecule has 1 aromatic rings. The van der Waals surface area contributed by atoms with E-state index in [9.17, 15) is 4.79 Å². The molecule has 3 N–H and O–H groups in total. The van der Waals surface area contributed by atoms with Gasteiger partial charge in [-0.1, -0.05) is 6.07 Å². The first kappa shape index (κ1) is 10.7. The maximum Gasteiger partial charge on any atom is 0.234 e. The highest BCUT2D eigenvalue weighted by molar-refractivity contribution is 5.79. The van der Waals surface area contributed by atoms with E-state index in [2.05, 4.69) is 10.3 Å². The number of pyridine rings is 1. The molecule has 0 radical (unpaired) electrons. The van der Waals surface area contributed by atoms with Gasteiger partial charge in [0.25, 0.3) is 0 Å². The van der Waals surface area contributed by atoms with Crippen molar-refractivity contribution in [2.24, 2.45) is 5.73 Å². The van der Waals surface area contributed by atoms with Gasteiger partial charge in [0.15, 0.2) is 0 Å². The van der Waals surface area contributed by atoms with E-state index in [4.69, 9.17) is 5.73 Å². The number of carbonyl (C=O) groups excluding carboxylic acids is 1. The molecule has 14 heavy (non-hydrogen) atoms. The highest BCUT2D eigenvalue weighted by Gasteiger charge is 2.06. The van der Waals surface area contributed by atoms with Crippen LogP contribution in [0.5, 0.6) is 0 Å². The van der Waals surface area contributed by atoms with Gasteiger partial charge in [-0.3, -0.25) is 9.78 Å². The zero-order valence-corrected chi connectivity index (χ0v) is 8.45. The quantitative estimate of drug-likeness (QED) is 0.725. The Balaban J connectivity index is 2.46. The molecule has 0 aromatic carbocycles. The number of nitrogens with one attached hydrogen (secondary N) is 1. The number of nitrogens with zero attached hydrogens (tertiary/aromatic N) is 1. The smallest absolute Gasteiger partial charge is 0.234 e. The molecule has 0 fully saturated rings. The molecule has 0 saturated carbocycles. The summed E-state index contributed by atoms with van der Waals surface area (Å²) in [6, 6.07) is 3.59. The topological polar surface area (TPSA) is 68.0 Å². The van der Waals surface area contributed by atoms with Crippen molar-refractivity contribution in [2.75, 3.05) is 0 Å². The first-order chi connectivity index (χ1) is 6.59. The lowest BCUT2D eigenvalue weighted by Crippen LogP contribution is -2.38. The summed E-state index contributed by atoms with van der Waals surface area (Å²) in [5.74, 6) is -0.350. The Hall–Kier alpha value is -1.42. The molecule has 1 atom stereocenters. The number of aromatic nitrogens is 1. The molecule has 0 spiro atoms. The third-order valence-corrected chi connectivity index (χ3v) is 1.99. The molecule has 4 heteroatoms. The lowest BCUT2D eigenvalue weighted by molar-refractivity contribution is -0.119. The first-order valence-corrected chi connectivity index (χ1v) is 4.54. The first-order valence-electron chi connectivity index (χ1n) is 4.54. The Labute approximate surface area is 83.5 Å². The summed E-state index contributed by atoms with van der Waals surface area (Å²) < 4.78 is 0. The second kappa shape index (κ2) is 4.72. The maximum atomic E-state index is 10.7. The summed E-state index contributed by atoms with van der Waals surface area (Å²) in [7, 11) is 0. The second-order valence-corrected chi connectivity index (χ2v) is 3.33. The third-order valence-electron chi connectivity index (χ3n) is 1.99. The second-order valence-electron chi connectivity index (χ2n) is 3.33. The SMILES string of the molecule is Cc1ccc(CN[C@@H](C)C(N)=O)nc1. The van der Waals surface area contributed by atoms with E-state index in [-0.39, 0.29) is 11.9 Å². The van der Waals surface area contributed by atoms with Crippen LogP contribution in [0.1, 0.15) is 18.2 Å². The average molecular weight is 193 g/mol. The normalized spacial score (nSPS) is 12.4. The van der Waals surface area contributed by atoms with Crippen molar-refractivity contribution in [3.05, 3.63) is 29.6 Å². The van der Waals surface area contributed by atoms with Gasteiger partial charge in [-0.25, -0.2) is 0 Å². The van der Waals surface area contributed by atoms with E-state index >= 15 is 0 Å². The van der Waals surface area contributed by atoms with Crippen LogP contribution in [-0.4, -0.2) is 16.9 Å². The lowest BCUT2D eigenvalue weighted by Gasteiger charge is -2.09. The van der Waals surface area contributed by atoms with Gasteiger partial charge in [0.2, 0.25) is 5.91 Å². The molecule has 0 aliphatic rings. The number of rotatable bonds is 4. The van der Waals surface area contributed by atoms with E-state index in [1.165, 1.54) is 0 Å². The molecule has 0 bridgehead atoms. The Morgan fingerprint density at radius 1 is 1.64 bits per heavy atom. The number of primary amides is 1. The highest BCUT2D eigenvalue weighted by atomic mass is 16.1. The number of hydrogen-bond donors (Lipinski definition) is 2. The lowest BCUT2D eigenvalue weighted by atomic mass is 10.2. The highest BCUT2D eigenvalue weighted by Crippen LogP contribution is 1.98. The molecule has 0 saturated heterocycles. The number of amides is 1. The van der Waals surface area contributed by atoms with Crippen LogP contribution in [-0.2, 0) is 11.3 Å². The molecule has 76 valence electrons. The fraction of sp³-hybridized carbons (Fsp3) is 0.400. The van der Waals surface area contributed by atoms with Crippen molar-refractivity contribution in [1.29, 1.82) is 0 Å². The van der Waals surface area contributed by atoms with Crippen LogP contribution < -0.4 is 11.1 Å². The van der Waals surface area contributed by atoms with Crippen molar-refractivity contribution in [3.8, 4) is 0 Å². The summed E-state index contributed by atoms with van der Waals surface area (Å²) in [5, 5.41) is 2.98. The average Bonchev–Trinajstić information content (AvgIpc) is 2.16. The van der Waals surface area contributed by atoms with Gasteiger partial charge in [0, 0.05) is 12.7 Å². The maximum absolute atomic E-state index is 10.7. The molecule has 0 aliphatic carbocycles. The minimum absolute atomic E-state index is 0.321. The molecule has 4 nitrogen and oxygen atoms in total. The van der Waals surface area contributed by atoms with Crippen LogP contribution >= 0.6 is 0 Å².